The lowest BCUT2D eigenvalue weighted by Crippen LogP contribution is -2.13. The second-order valence-corrected chi connectivity index (χ2v) is 4.61. The minimum Gasteiger partial charge on any atom is -0.469 e. The fourth-order valence-electron chi connectivity index (χ4n) is 1.77. The third kappa shape index (κ3) is 2.94. The number of aromatic nitrogens is 2. The van der Waals surface area contributed by atoms with Gasteiger partial charge in [0, 0.05) is 24.1 Å². The summed E-state index contributed by atoms with van der Waals surface area (Å²) in [7, 11) is 1.38. The standard InChI is InChI=1S/C12H15ClN2O2/c1-17-10(16)6-5-9-7-14-12(15-11(9)13)8-3-2-4-8/h7-8H,2-6H2,1H3. The molecule has 1 aromatic heterocycles. The third-order valence-corrected chi connectivity index (χ3v) is 3.45. The van der Waals surface area contributed by atoms with E-state index in [4.69, 9.17) is 11.6 Å². The van der Waals surface area contributed by atoms with E-state index in [2.05, 4.69) is 14.7 Å². The van der Waals surface area contributed by atoms with Crippen LogP contribution in [0.25, 0.3) is 0 Å². The molecule has 0 N–H and O–H groups in total. The molecule has 0 atom stereocenters. The lowest BCUT2D eigenvalue weighted by atomic mass is 9.85. The van der Waals surface area contributed by atoms with Crippen molar-refractivity contribution in [1.29, 1.82) is 0 Å². The van der Waals surface area contributed by atoms with Crippen LogP contribution in [0.3, 0.4) is 0 Å². The van der Waals surface area contributed by atoms with Crippen molar-refractivity contribution in [2.24, 2.45) is 0 Å². The Kier molecular flexibility index (Phi) is 3.94. The number of hydrogen-bond acceptors (Lipinski definition) is 4. The second kappa shape index (κ2) is 5.45. The molecule has 0 unspecified atom stereocenters. The zero-order valence-electron chi connectivity index (χ0n) is 9.78. The topological polar surface area (TPSA) is 52.1 Å². The van der Waals surface area contributed by atoms with Crippen molar-refractivity contribution in [2.75, 3.05) is 7.11 Å². The Hall–Kier alpha value is -1.16. The Bertz CT molecular complexity index is 419. The predicted molar refractivity (Wildman–Crippen MR) is 64.0 cm³/mol. The van der Waals surface area contributed by atoms with E-state index in [0.717, 1.165) is 24.2 Å². The molecule has 0 radical (unpaired) electrons. The number of hydrogen-bond donors (Lipinski definition) is 0. The minimum atomic E-state index is -0.246. The number of rotatable bonds is 4. The van der Waals surface area contributed by atoms with E-state index in [1.807, 2.05) is 0 Å². The molecule has 1 heterocycles. The Balaban J connectivity index is 2.01. The van der Waals surface area contributed by atoms with Gasteiger partial charge >= 0.3 is 5.97 Å². The van der Waals surface area contributed by atoms with Crippen LogP contribution in [0, 0.1) is 0 Å². The number of esters is 1. The molecule has 1 aliphatic rings. The van der Waals surface area contributed by atoms with Crippen molar-refractivity contribution in [3.8, 4) is 0 Å². The van der Waals surface area contributed by atoms with Gasteiger partial charge in [-0.25, -0.2) is 9.97 Å². The van der Waals surface area contributed by atoms with E-state index in [1.54, 1.807) is 6.20 Å². The molecular formula is C12H15ClN2O2. The van der Waals surface area contributed by atoms with Crippen LogP contribution in [0.15, 0.2) is 6.20 Å². The molecule has 0 aromatic carbocycles. The van der Waals surface area contributed by atoms with Crippen LogP contribution in [0.4, 0.5) is 0 Å². The van der Waals surface area contributed by atoms with Crippen molar-refractivity contribution in [2.45, 2.75) is 38.0 Å². The van der Waals surface area contributed by atoms with Gasteiger partial charge < -0.3 is 4.74 Å². The summed E-state index contributed by atoms with van der Waals surface area (Å²) < 4.78 is 4.58. The first-order valence-electron chi connectivity index (χ1n) is 5.79. The van der Waals surface area contributed by atoms with Gasteiger partial charge in [-0.3, -0.25) is 4.79 Å². The first-order chi connectivity index (χ1) is 8.20. The molecule has 1 fully saturated rings. The summed E-state index contributed by atoms with van der Waals surface area (Å²) in [6, 6.07) is 0. The van der Waals surface area contributed by atoms with Crippen molar-refractivity contribution < 1.29 is 9.53 Å². The van der Waals surface area contributed by atoms with Gasteiger partial charge in [0.05, 0.1) is 7.11 Å². The SMILES string of the molecule is COC(=O)CCc1cnc(C2CCC2)nc1Cl. The van der Waals surface area contributed by atoms with Crippen LogP contribution in [-0.2, 0) is 16.0 Å². The molecule has 1 saturated carbocycles. The molecule has 17 heavy (non-hydrogen) atoms. The quantitative estimate of drug-likeness (QED) is 0.612. The smallest absolute Gasteiger partial charge is 0.305 e. The first-order valence-corrected chi connectivity index (χ1v) is 6.16. The fourth-order valence-corrected chi connectivity index (χ4v) is 2.00. The van der Waals surface area contributed by atoms with Gasteiger partial charge in [0.2, 0.25) is 0 Å². The van der Waals surface area contributed by atoms with Gasteiger partial charge in [0.15, 0.2) is 0 Å². The average Bonchev–Trinajstić information content (AvgIpc) is 2.25. The highest BCUT2D eigenvalue weighted by atomic mass is 35.5. The summed E-state index contributed by atoms with van der Waals surface area (Å²) in [5, 5.41) is 0.464. The van der Waals surface area contributed by atoms with Gasteiger partial charge in [-0.15, -0.1) is 0 Å². The van der Waals surface area contributed by atoms with Crippen molar-refractivity contribution in [3.05, 3.63) is 22.7 Å². The molecule has 0 saturated heterocycles. The zero-order chi connectivity index (χ0) is 12.3. The summed E-state index contributed by atoms with van der Waals surface area (Å²) >= 11 is 6.08. The predicted octanol–water partition coefficient (Wildman–Crippen LogP) is 2.50. The maximum Gasteiger partial charge on any atom is 0.305 e. The van der Waals surface area contributed by atoms with E-state index in [0.29, 0.717) is 23.9 Å². The summed E-state index contributed by atoms with van der Waals surface area (Å²) in [4.78, 5) is 19.6. The molecule has 0 spiro atoms. The van der Waals surface area contributed by atoms with Gasteiger partial charge in [0.1, 0.15) is 11.0 Å². The van der Waals surface area contributed by atoms with Crippen LogP contribution >= 0.6 is 11.6 Å². The lowest BCUT2D eigenvalue weighted by Gasteiger charge is -2.23. The monoisotopic (exact) mass is 254 g/mol. The fraction of sp³-hybridized carbons (Fsp3) is 0.583. The van der Waals surface area contributed by atoms with Crippen molar-refractivity contribution in [1.82, 2.24) is 9.97 Å². The number of nitrogens with zero attached hydrogens (tertiary/aromatic N) is 2. The van der Waals surface area contributed by atoms with E-state index >= 15 is 0 Å². The van der Waals surface area contributed by atoms with Crippen LogP contribution in [0.2, 0.25) is 5.15 Å². The van der Waals surface area contributed by atoms with E-state index < -0.39 is 0 Å². The van der Waals surface area contributed by atoms with Crippen molar-refractivity contribution in [3.63, 3.8) is 0 Å². The highest BCUT2D eigenvalue weighted by Gasteiger charge is 2.22. The number of carbonyl (C=O) groups excluding carboxylic acids is 1. The normalized spacial score (nSPS) is 15.4. The maximum atomic E-state index is 11.0. The molecule has 4 nitrogen and oxygen atoms in total. The first kappa shape index (κ1) is 12.3. The van der Waals surface area contributed by atoms with Gasteiger partial charge in [-0.2, -0.15) is 0 Å². The number of aryl methyl sites for hydroxylation is 1. The largest absolute Gasteiger partial charge is 0.469 e. The molecule has 2 rings (SSSR count). The van der Waals surface area contributed by atoms with Crippen LogP contribution < -0.4 is 0 Å². The molecule has 92 valence electrons. The molecule has 1 aromatic rings. The summed E-state index contributed by atoms with van der Waals surface area (Å²) in [6.07, 6.45) is 6.11. The zero-order valence-corrected chi connectivity index (χ0v) is 10.5. The Labute approximate surface area is 105 Å². The Morgan fingerprint density at radius 1 is 1.59 bits per heavy atom. The Morgan fingerprint density at radius 2 is 2.35 bits per heavy atom. The van der Waals surface area contributed by atoms with Crippen molar-refractivity contribution >= 4 is 17.6 Å². The Morgan fingerprint density at radius 3 is 2.88 bits per heavy atom. The number of halogens is 1. The molecule has 0 amide bonds. The van der Waals surface area contributed by atoms with Gasteiger partial charge in [-0.05, 0) is 19.3 Å². The molecular weight excluding hydrogens is 240 g/mol. The van der Waals surface area contributed by atoms with Crippen LogP contribution in [-0.4, -0.2) is 23.0 Å². The second-order valence-electron chi connectivity index (χ2n) is 4.25. The van der Waals surface area contributed by atoms with Gasteiger partial charge in [0.25, 0.3) is 0 Å². The molecule has 0 aliphatic heterocycles. The van der Waals surface area contributed by atoms with Gasteiger partial charge in [-0.1, -0.05) is 18.0 Å². The van der Waals surface area contributed by atoms with Crippen LogP contribution in [0.5, 0.6) is 0 Å². The number of ether oxygens (including phenoxy) is 1. The summed E-state index contributed by atoms with van der Waals surface area (Å²) in [6.45, 7) is 0. The minimum absolute atomic E-state index is 0.246. The highest BCUT2D eigenvalue weighted by Crippen LogP contribution is 2.34. The number of carbonyl (C=O) groups is 1. The summed E-state index contributed by atoms with van der Waals surface area (Å²) in [5.41, 5.74) is 0.806. The third-order valence-electron chi connectivity index (χ3n) is 3.13. The van der Waals surface area contributed by atoms with E-state index in [-0.39, 0.29) is 5.97 Å². The highest BCUT2D eigenvalue weighted by molar-refractivity contribution is 6.30. The molecule has 5 heteroatoms. The van der Waals surface area contributed by atoms with E-state index in [1.165, 1.54) is 13.5 Å². The molecule has 0 bridgehead atoms. The average molecular weight is 255 g/mol. The lowest BCUT2D eigenvalue weighted by molar-refractivity contribution is -0.140. The molecule has 1 aliphatic carbocycles. The summed E-state index contributed by atoms with van der Waals surface area (Å²) in [5.74, 6) is 1.06. The van der Waals surface area contributed by atoms with Crippen LogP contribution in [0.1, 0.15) is 43.0 Å². The maximum absolute atomic E-state index is 11.0. The van der Waals surface area contributed by atoms with E-state index in [9.17, 15) is 4.79 Å². The number of methoxy groups -OCH3 is 1.